The van der Waals surface area contributed by atoms with Crippen LogP contribution in [0, 0.1) is 5.41 Å². The first kappa shape index (κ1) is 9.97. The monoisotopic (exact) mass is 192 g/mol. The number of hydrogen-bond donors (Lipinski definition) is 0. The molecule has 2 heterocycles. The van der Waals surface area contributed by atoms with E-state index in [4.69, 9.17) is 4.74 Å². The van der Waals surface area contributed by atoms with Crippen LogP contribution in [-0.2, 0) is 4.74 Å². The molecule has 0 aliphatic carbocycles. The number of fused-ring (bicyclic) bond motifs is 2. The van der Waals surface area contributed by atoms with Crippen LogP contribution >= 0.6 is 0 Å². The van der Waals surface area contributed by atoms with Crippen LogP contribution in [0.3, 0.4) is 0 Å². The number of ether oxygens (including phenoxy) is 1. The van der Waals surface area contributed by atoms with E-state index < -0.39 is 0 Å². The molecule has 1 heteroatoms. The first-order valence-electron chi connectivity index (χ1n) is 5.52. The van der Waals surface area contributed by atoms with Gasteiger partial charge in [0.2, 0.25) is 0 Å². The molecule has 0 amide bonds. The molecule has 0 radical (unpaired) electrons. The lowest BCUT2D eigenvalue weighted by atomic mass is 9.68. The lowest BCUT2D eigenvalue weighted by Gasteiger charge is -2.32. The molecule has 2 aliphatic heterocycles. The van der Waals surface area contributed by atoms with Gasteiger partial charge in [-0.2, -0.15) is 0 Å². The van der Waals surface area contributed by atoms with E-state index in [2.05, 4.69) is 45.9 Å². The second-order valence-corrected chi connectivity index (χ2v) is 5.20. The van der Waals surface area contributed by atoms with Gasteiger partial charge in [0, 0.05) is 5.41 Å². The predicted molar refractivity (Wildman–Crippen MR) is 59.2 cm³/mol. The summed E-state index contributed by atoms with van der Waals surface area (Å²) in [7, 11) is 0. The van der Waals surface area contributed by atoms with Gasteiger partial charge in [0.25, 0.3) is 0 Å². The average molecular weight is 192 g/mol. The van der Waals surface area contributed by atoms with Gasteiger partial charge in [0.1, 0.15) is 0 Å². The molecule has 2 fully saturated rings. The van der Waals surface area contributed by atoms with Gasteiger partial charge in [-0.05, 0) is 32.3 Å². The van der Waals surface area contributed by atoms with E-state index in [0.717, 1.165) is 0 Å². The van der Waals surface area contributed by atoms with Gasteiger partial charge in [-0.15, -0.1) is 0 Å². The van der Waals surface area contributed by atoms with Gasteiger partial charge in [0.15, 0.2) is 0 Å². The largest absolute Gasteiger partial charge is 0.367 e. The highest BCUT2D eigenvalue weighted by atomic mass is 16.5. The first-order chi connectivity index (χ1) is 6.50. The van der Waals surface area contributed by atoms with Crippen LogP contribution in [0.4, 0.5) is 0 Å². The van der Waals surface area contributed by atoms with Crippen LogP contribution in [-0.4, -0.2) is 11.7 Å². The molecule has 2 atom stereocenters. The van der Waals surface area contributed by atoms with E-state index in [1.165, 1.54) is 18.4 Å². The molecule has 0 saturated carbocycles. The van der Waals surface area contributed by atoms with Crippen LogP contribution in [0.1, 0.15) is 40.5 Å². The van der Waals surface area contributed by atoms with Crippen molar-refractivity contribution in [2.45, 2.75) is 52.2 Å². The van der Waals surface area contributed by atoms with Crippen molar-refractivity contribution in [1.82, 2.24) is 0 Å². The third-order valence-corrected chi connectivity index (χ3v) is 3.81. The summed E-state index contributed by atoms with van der Waals surface area (Å²) >= 11 is 0. The summed E-state index contributed by atoms with van der Waals surface area (Å²) in [5.74, 6) is 0. The fourth-order valence-corrected chi connectivity index (χ4v) is 2.98. The Balaban J connectivity index is 2.39. The highest BCUT2D eigenvalue weighted by Crippen LogP contribution is 2.57. The Hall–Kier alpha value is -0.560. The molecule has 14 heavy (non-hydrogen) atoms. The molecule has 2 aliphatic rings. The summed E-state index contributed by atoms with van der Waals surface area (Å²) in [6, 6.07) is 0. The molecule has 78 valence electrons. The number of hydrogen-bond acceptors (Lipinski definition) is 1. The standard InChI is InChI=1S/C13H20O/c1-5-6-7-10-12(2,3)11-8-9-13(10,4)14-11/h5-7,11H,8-9H2,1-4H3/t11?,13-/m1/s1. The van der Waals surface area contributed by atoms with Crippen LogP contribution < -0.4 is 0 Å². The summed E-state index contributed by atoms with van der Waals surface area (Å²) in [5.41, 5.74) is 1.72. The average Bonchev–Trinajstić information content (AvgIpc) is 2.55. The zero-order valence-electron chi connectivity index (χ0n) is 9.63. The Morgan fingerprint density at radius 3 is 2.57 bits per heavy atom. The molecule has 1 nitrogen and oxygen atoms in total. The van der Waals surface area contributed by atoms with E-state index in [0.29, 0.717) is 6.10 Å². The van der Waals surface area contributed by atoms with E-state index >= 15 is 0 Å². The number of allylic oxidation sites excluding steroid dienone is 3. The molecule has 1 unspecified atom stereocenters. The molecule has 0 spiro atoms. The van der Waals surface area contributed by atoms with Crippen LogP contribution in [0.5, 0.6) is 0 Å². The van der Waals surface area contributed by atoms with Gasteiger partial charge in [-0.25, -0.2) is 0 Å². The molecule has 2 rings (SSSR count). The van der Waals surface area contributed by atoms with E-state index in [9.17, 15) is 0 Å². The highest BCUT2D eigenvalue weighted by Gasteiger charge is 2.56. The molecule has 0 aromatic heterocycles. The topological polar surface area (TPSA) is 9.23 Å². The van der Waals surface area contributed by atoms with Crippen LogP contribution in [0.25, 0.3) is 0 Å². The summed E-state index contributed by atoms with van der Waals surface area (Å²) in [6.07, 6.45) is 9.30. The summed E-state index contributed by atoms with van der Waals surface area (Å²) in [4.78, 5) is 0. The van der Waals surface area contributed by atoms with Gasteiger partial charge >= 0.3 is 0 Å². The van der Waals surface area contributed by atoms with E-state index in [1.54, 1.807) is 0 Å². The lowest BCUT2D eigenvalue weighted by Crippen LogP contribution is -2.32. The van der Waals surface area contributed by atoms with E-state index in [1.807, 2.05) is 0 Å². The highest BCUT2D eigenvalue weighted by molar-refractivity contribution is 5.35. The molecule has 2 bridgehead atoms. The van der Waals surface area contributed by atoms with Crippen molar-refractivity contribution in [3.63, 3.8) is 0 Å². The van der Waals surface area contributed by atoms with E-state index in [-0.39, 0.29) is 11.0 Å². The van der Waals surface area contributed by atoms with Crippen molar-refractivity contribution >= 4 is 0 Å². The molecule has 0 aromatic rings. The smallest absolute Gasteiger partial charge is 0.0877 e. The normalized spacial score (nSPS) is 42.9. The van der Waals surface area contributed by atoms with Gasteiger partial charge < -0.3 is 4.74 Å². The molecular weight excluding hydrogens is 172 g/mol. The fraction of sp³-hybridized carbons (Fsp3) is 0.692. The summed E-state index contributed by atoms with van der Waals surface area (Å²) < 4.78 is 6.08. The zero-order valence-corrected chi connectivity index (χ0v) is 9.63. The third kappa shape index (κ3) is 1.18. The van der Waals surface area contributed by atoms with Crippen molar-refractivity contribution in [1.29, 1.82) is 0 Å². The van der Waals surface area contributed by atoms with Gasteiger partial charge in [-0.3, -0.25) is 0 Å². The molecule has 0 aromatic carbocycles. The third-order valence-electron chi connectivity index (χ3n) is 3.81. The van der Waals surface area contributed by atoms with Crippen molar-refractivity contribution in [2.75, 3.05) is 0 Å². The summed E-state index contributed by atoms with van der Waals surface area (Å²) in [5, 5.41) is 0. The maximum absolute atomic E-state index is 6.08. The SMILES string of the molecule is CC=CC=C1C(C)(C)C2CC[C@@]1(C)O2. The summed E-state index contributed by atoms with van der Waals surface area (Å²) in [6.45, 7) is 8.90. The van der Waals surface area contributed by atoms with Crippen molar-refractivity contribution in [3.8, 4) is 0 Å². The Morgan fingerprint density at radius 2 is 2.07 bits per heavy atom. The Kier molecular flexibility index (Phi) is 2.11. The van der Waals surface area contributed by atoms with Crippen molar-refractivity contribution in [2.24, 2.45) is 5.41 Å². The Bertz CT molecular complexity index is 292. The van der Waals surface area contributed by atoms with Crippen molar-refractivity contribution < 1.29 is 4.74 Å². The minimum atomic E-state index is 0.0215. The minimum Gasteiger partial charge on any atom is -0.367 e. The molecule has 0 N–H and O–H groups in total. The maximum atomic E-state index is 6.08. The predicted octanol–water partition coefficient (Wildman–Crippen LogP) is 3.47. The van der Waals surface area contributed by atoms with Gasteiger partial charge in [-0.1, -0.05) is 32.1 Å². The lowest BCUT2D eigenvalue weighted by molar-refractivity contribution is 0.0232. The van der Waals surface area contributed by atoms with Crippen LogP contribution in [0.15, 0.2) is 23.8 Å². The quantitative estimate of drug-likeness (QED) is 0.618. The minimum absolute atomic E-state index is 0.0215. The second-order valence-electron chi connectivity index (χ2n) is 5.20. The molecular formula is C13H20O. The molecule has 2 saturated heterocycles. The number of rotatable bonds is 1. The first-order valence-corrected chi connectivity index (χ1v) is 5.52. The zero-order chi connectivity index (χ0) is 10.4. The van der Waals surface area contributed by atoms with Crippen LogP contribution in [0.2, 0.25) is 0 Å². The van der Waals surface area contributed by atoms with Gasteiger partial charge in [0.05, 0.1) is 11.7 Å². The second kappa shape index (κ2) is 2.96. The maximum Gasteiger partial charge on any atom is 0.0877 e. The Morgan fingerprint density at radius 1 is 1.36 bits per heavy atom. The van der Waals surface area contributed by atoms with Crippen molar-refractivity contribution in [3.05, 3.63) is 23.8 Å². The fourth-order valence-electron chi connectivity index (χ4n) is 2.98. The Labute approximate surface area is 86.8 Å².